The number of amides is 1. The summed E-state index contributed by atoms with van der Waals surface area (Å²) in [5, 5.41) is 16.7. The van der Waals surface area contributed by atoms with Gasteiger partial charge in [-0.3, -0.25) is 19.9 Å². The third kappa shape index (κ3) is 9.36. The van der Waals surface area contributed by atoms with Gasteiger partial charge in [0.25, 0.3) is 0 Å². The zero-order chi connectivity index (χ0) is 18.5. The number of nitriles is 1. The van der Waals surface area contributed by atoms with Crippen molar-refractivity contribution in [1.29, 1.82) is 5.26 Å². The van der Waals surface area contributed by atoms with Gasteiger partial charge in [-0.2, -0.15) is 17.0 Å². The Morgan fingerprint density at radius 1 is 1.40 bits per heavy atom. The average molecular weight is 365 g/mol. The summed E-state index contributed by atoms with van der Waals surface area (Å²) in [5.41, 5.74) is 2.10. The zero-order valence-corrected chi connectivity index (χ0v) is 15.2. The van der Waals surface area contributed by atoms with Crippen molar-refractivity contribution in [3.05, 3.63) is 17.7 Å². The van der Waals surface area contributed by atoms with Crippen molar-refractivity contribution in [3.63, 3.8) is 0 Å². The number of hydrogen-bond donors (Lipinski definition) is 4. The lowest BCUT2D eigenvalue weighted by Gasteiger charge is -2.09. The minimum atomic E-state index is -0.314. The van der Waals surface area contributed by atoms with Gasteiger partial charge in [-0.15, -0.1) is 0 Å². The van der Waals surface area contributed by atoms with Crippen LogP contribution in [0.3, 0.4) is 0 Å². The molecule has 0 saturated carbocycles. The van der Waals surface area contributed by atoms with Crippen molar-refractivity contribution in [2.45, 2.75) is 26.0 Å². The number of ketones is 1. The number of imidazole rings is 1. The molecule has 0 aliphatic rings. The van der Waals surface area contributed by atoms with Gasteiger partial charge in [0.1, 0.15) is 5.78 Å². The van der Waals surface area contributed by atoms with Gasteiger partial charge in [-0.05, 0) is 13.8 Å². The largest absolute Gasteiger partial charge is 0.354 e. The average Bonchev–Trinajstić information content (AvgIpc) is 2.95. The van der Waals surface area contributed by atoms with Crippen LogP contribution in [0.1, 0.15) is 24.7 Å². The molecular formula is C15H23N7O2S. The Kier molecular flexibility index (Phi) is 9.77. The summed E-state index contributed by atoms with van der Waals surface area (Å²) < 4.78 is 0. The maximum Gasteiger partial charge on any atom is 0.227 e. The minimum Gasteiger partial charge on any atom is -0.354 e. The van der Waals surface area contributed by atoms with Crippen molar-refractivity contribution >= 4 is 29.4 Å². The Morgan fingerprint density at radius 2 is 2.16 bits per heavy atom. The number of thioether (sulfide) groups is 1. The van der Waals surface area contributed by atoms with Crippen LogP contribution in [0.4, 0.5) is 0 Å². The van der Waals surface area contributed by atoms with Crippen molar-refractivity contribution in [1.82, 2.24) is 25.9 Å². The van der Waals surface area contributed by atoms with Crippen LogP contribution >= 0.6 is 11.8 Å². The van der Waals surface area contributed by atoms with Gasteiger partial charge >= 0.3 is 0 Å². The molecule has 0 atom stereocenters. The van der Waals surface area contributed by atoms with Crippen LogP contribution in [0.2, 0.25) is 0 Å². The van der Waals surface area contributed by atoms with Gasteiger partial charge < -0.3 is 15.6 Å². The molecule has 136 valence electrons. The number of hydrogen-bond acceptors (Lipinski definition) is 6. The van der Waals surface area contributed by atoms with Crippen LogP contribution in [0.5, 0.6) is 0 Å². The molecule has 0 unspecified atom stereocenters. The predicted molar refractivity (Wildman–Crippen MR) is 96.8 cm³/mol. The minimum absolute atomic E-state index is 0.121. The summed E-state index contributed by atoms with van der Waals surface area (Å²) >= 11 is 1.71. The molecule has 1 amide bonds. The van der Waals surface area contributed by atoms with Crippen molar-refractivity contribution in [2.75, 3.05) is 25.4 Å². The molecule has 9 nitrogen and oxygen atoms in total. The molecule has 0 spiro atoms. The highest BCUT2D eigenvalue weighted by Crippen LogP contribution is 2.11. The first kappa shape index (κ1) is 20.5. The van der Waals surface area contributed by atoms with E-state index in [4.69, 9.17) is 5.26 Å². The number of aromatic amines is 1. The lowest BCUT2D eigenvalue weighted by Crippen LogP contribution is -2.40. The molecular weight excluding hydrogens is 342 g/mol. The van der Waals surface area contributed by atoms with Gasteiger partial charge in [0.05, 0.1) is 25.0 Å². The van der Waals surface area contributed by atoms with Gasteiger partial charge in [0.15, 0.2) is 6.19 Å². The number of nitrogens with zero attached hydrogens (tertiary/aromatic N) is 3. The van der Waals surface area contributed by atoms with Crippen LogP contribution < -0.4 is 16.0 Å². The van der Waals surface area contributed by atoms with Crippen molar-refractivity contribution < 1.29 is 9.59 Å². The van der Waals surface area contributed by atoms with Gasteiger partial charge in [-0.1, -0.05) is 0 Å². The number of aliphatic imine (C=N–C) groups is 1. The van der Waals surface area contributed by atoms with E-state index in [1.165, 1.54) is 6.92 Å². The Hall–Kier alpha value is -2.54. The Labute approximate surface area is 151 Å². The van der Waals surface area contributed by atoms with Gasteiger partial charge in [-0.25, -0.2) is 4.98 Å². The number of H-pyrrole nitrogens is 1. The first-order valence-electron chi connectivity index (χ1n) is 7.79. The molecule has 0 aromatic carbocycles. The van der Waals surface area contributed by atoms with E-state index in [2.05, 4.69) is 30.9 Å². The van der Waals surface area contributed by atoms with Crippen LogP contribution in [0.25, 0.3) is 0 Å². The van der Waals surface area contributed by atoms with Crippen molar-refractivity contribution in [3.8, 4) is 6.19 Å². The fourth-order valence-corrected chi connectivity index (χ4v) is 2.64. The summed E-state index contributed by atoms with van der Waals surface area (Å²) in [6.45, 7) is 4.63. The molecule has 1 aromatic heterocycles. The number of carbonyl (C=O) groups is 2. The van der Waals surface area contributed by atoms with Crippen LogP contribution in [-0.4, -0.2) is 53.0 Å². The quantitative estimate of drug-likeness (QED) is 0.115. The topological polar surface area (TPSA) is 135 Å². The third-order valence-corrected chi connectivity index (χ3v) is 3.95. The van der Waals surface area contributed by atoms with Gasteiger partial charge in [0, 0.05) is 30.3 Å². The predicted octanol–water partition coefficient (Wildman–Crippen LogP) is 0.0629. The summed E-state index contributed by atoms with van der Waals surface area (Å²) in [6, 6.07) is 0. The highest BCUT2D eigenvalue weighted by molar-refractivity contribution is 7.98. The monoisotopic (exact) mass is 365 g/mol. The number of nitrogens with one attached hydrogen (secondary N) is 4. The van der Waals surface area contributed by atoms with E-state index in [1.807, 2.05) is 13.1 Å². The number of guanidine groups is 1. The Morgan fingerprint density at radius 3 is 2.80 bits per heavy atom. The number of aromatic nitrogens is 2. The van der Waals surface area contributed by atoms with E-state index in [0.29, 0.717) is 25.6 Å². The molecule has 10 heteroatoms. The van der Waals surface area contributed by atoms with Crippen LogP contribution in [0.15, 0.2) is 11.3 Å². The van der Waals surface area contributed by atoms with E-state index < -0.39 is 0 Å². The highest BCUT2D eigenvalue weighted by Gasteiger charge is 2.04. The molecule has 0 radical (unpaired) electrons. The maximum atomic E-state index is 11.3. The molecule has 4 N–H and O–H groups in total. The summed E-state index contributed by atoms with van der Waals surface area (Å²) in [4.78, 5) is 33.7. The molecule has 1 rings (SSSR count). The van der Waals surface area contributed by atoms with Crippen LogP contribution in [0, 0.1) is 18.4 Å². The molecule has 0 aliphatic heterocycles. The second-order valence-corrected chi connectivity index (χ2v) is 6.25. The third-order valence-electron chi connectivity index (χ3n) is 3.00. The molecule has 25 heavy (non-hydrogen) atoms. The lowest BCUT2D eigenvalue weighted by molar-refractivity contribution is -0.127. The molecule has 1 heterocycles. The summed E-state index contributed by atoms with van der Waals surface area (Å²) in [5.74, 6) is 1.47. The van der Waals surface area contributed by atoms with Crippen LogP contribution in [-0.2, 0) is 15.3 Å². The SMILES string of the molecule is CC(=O)CC(=O)NCCNC(=NCCSCc1nc[nH]c1C)NC#N. The second-order valence-electron chi connectivity index (χ2n) is 5.15. The van der Waals surface area contributed by atoms with E-state index in [-0.39, 0.29) is 18.1 Å². The van der Waals surface area contributed by atoms with Gasteiger partial charge in [0.2, 0.25) is 11.9 Å². The first-order chi connectivity index (χ1) is 12.0. The van der Waals surface area contributed by atoms with E-state index in [0.717, 1.165) is 22.9 Å². The van der Waals surface area contributed by atoms with E-state index >= 15 is 0 Å². The Balaban J connectivity index is 2.22. The number of aryl methyl sites for hydroxylation is 1. The standard InChI is InChI=1S/C15H23N7O2S/c1-11(23)7-14(24)17-3-4-18-15(20-9-16)19-5-6-25-8-13-12(2)21-10-22-13/h10H,3-8H2,1-2H3,(H,17,24)(H,21,22)(H2,18,19,20). The fraction of sp³-hybridized carbons (Fsp3) is 0.533. The normalized spacial score (nSPS) is 10.8. The Bertz CT molecular complexity index is 636. The van der Waals surface area contributed by atoms with Crippen molar-refractivity contribution in [2.24, 2.45) is 4.99 Å². The number of rotatable bonds is 10. The fourth-order valence-electron chi connectivity index (χ4n) is 1.79. The lowest BCUT2D eigenvalue weighted by atomic mass is 10.3. The highest BCUT2D eigenvalue weighted by atomic mass is 32.2. The van der Waals surface area contributed by atoms with E-state index in [1.54, 1.807) is 18.1 Å². The first-order valence-corrected chi connectivity index (χ1v) is 8.94. The molecule has 0 aliphatic carbocycles. The molecule has 0 saturated heterocycles. The molecule has 0 fully saturated rings. The molecule has 0 bridgehead atoms. The number of Topliss-reactive ketones (excluding diaryl/α,β-unsaturated/α-hetero) is 1. The molecule has 1 aromatic rings. The zero-order valence-electron chi connectivity index (χ0n) is 14.4. The van der Waals surface area contributed by atoms with E-state index in [9.17, 15) is 9.59 Å². The number of carbonyl (C=O) groups excluding carboxylic acids is 2. The smallest absolute Gasteiger partial charge is 0.227 e. The summed E-state index contributed by atoms with van der Waals surface area (Å²) in [7, 11) is 0. The maximum absolute atomic E-state index is 11.3. The summed E-state index contributed by atoms with van der Waals surface area (Å²) in [6.07, 6.45) is 3.38. The second kappa shape index (κ2) is 11.9.